The second-order valence-electron chi connectivity index (χ2n) is 2.49. The fraction of sp³-hybridized carbons (Fsp3) is 0.333. The summed E-state index contributed by atoms with van der Waals surface area (Å²) in [6, 6.07) is 6.25. The van der Waals surface area contributed by atoms with Crippen LogP contribution in [-0.4, -0.2) is 6.54 Å². The van der Waals surface area contributed by atoms with E-state index >= 15 is 0 Å². The number of nitrogens with one attached hydrogen (secondary N) is 1. The Morgan fingerprint density at radius 1 is 1.45 bits per heavy atom. The molecular formula is C9H12BrN. The summed E-state index contributed by atoms with van der Waals surface area (Å²) in [4.78, 5) is 0. The molecule has 1 aromatic carbocycles. The highest BCUT2D eigenvalue weighted by atomic mass is 79.9. The molecule has 0 aliphatic rings. The summed E-state index contributed by atoms with van der Waals surface area (Å²) in [6.07, 6.45) is 0. The predicted octanol–water partition coefficient (Wildman–Crippen LogP) is 3.19. The lowest BCUT2D eigenvalue weighted by atomic mass is 10.2. The Kier molecular flexibility index (Phi) is 2.94. The lowest BCUT2D eigenvalue weighted by molar-refractivity contribution is 1.20. The van der Waals surface area contributed by atoms with E-state index in [2.05, 4.69) is 53.3 Å². The minimum Gasteiger partial charge on any atom is -0.385 e. The molecule has 0 unspecified atom stereocenters. The van der Waals surface area contributed by atoms with E-state index in [4.69, 9.17) is 0 Å². The largest absolute Gasteiger partial charge is 0.385 e. The molecule has 1 aromatic rings. The maximum atomic E-state index is 3.43. The van der Waals surface area contributed by atoms with E-state index in [1.807, 2.05) is 0 Å². The molecule has 0 aliphatic heterocycles. The molecule has 2 heteroatoms. The molecule has 0 saturated heterocycles. The summed E-state index contributed by atoms with van der Waals surface area (Å²) in [5.74, 6) is 0. The van der Waals surface area contributed by atoms with Crippen molar-refractivity contribution in [3.8, 4) is 0 Å². The van der Waals surface area contributed by atoms with E-state index in [1.54, 1.807) is 0 Å². The zero-order valence-corrected chi connectivity index (χ0v) is 8.40. The summed E-state index contributed by atoms with van der Waals surface area (Å²) in [7, 11) is 0. The fourth-order valence-corrected chi connectivity index (χ4v) is 1.34. The maximum absolute atomic E-state index is 3.43. The van der Waals surface area contributed by atoms with Gasteiger partial charge in [-0.3, -0.25) is 0 Å². The minimum atomic E-state index is 0.970. The first-order chi connectivity index (χ1) is 5.24. The molecule has 0 amide bonds. The number of halogens is 1. The lowest BCUT2D eigenvalue weighted by Gasteiger charge is -2.06. The van der Waals surface area contributed by atoms with Crippen molar-refractivity contribution in [3.05, 3.63) is 28.2 Å². The fourth-order valence-electron chi connectivity index (χ4n) is 0.975. The van der Waals surface area contributed by atoms with Crippen LogP contribution >= 0.6 is 15.9 Å². The lowest BCUT2D eigenvalue weighted by Crippen LogP contribution is -1.98. The molecule has 0 aromatic heterocycles. The molecule has 60 valence electrons. The van der Waals surface area contributed by atoms with E-state index in [9.17, 15) is 0 Å². The normalized spacial score (nSPS) is 9.73. The number of benzene rings is 1. The van der Waals surface area contributed by atoms with Gasteiger partial charge in [-0.15, -0.1) is 0 Å². The molecule has 0 bridgehead atoms. The average molecular weight is 214 g/mol. The molecule has 1 rings (SSSR count). The Morgan fingerprint density at radius 3 is 2.82 bits per heavy atom. The topological polar surface area (TPSA) is 12.0 Å². The van der Waals surface area contributed by atoms with Crippen LogP contribution in [0.4, 0.5) is 5.69 Å². The molecule has 0 spiro atoms. The van der Waals surface area contributed by atoms with Crippen molar-refractivity contribution in [2.45, 2.75) is 13.8 Å². The number of aryl methyl sites for hydroxylation is 1. The second-order valence-corrected chi connectivity index (χ2v) is 3.41. The minimum absolute atomic E-state index is 0.970. The first-order valence-corrected chi connectivity index (χ1v) is 4.53. The van der Waals surface area contributed by atoms with Crippen molar-refractivity contribution in [1.82, 2.24) is 0 Å². The van der Waals surface area contributed by atoms with Crippen LogP contribution in [0.5, 0.6) is 0 Å². The van der Waals surface area contributed by atoms with Crippen LogP contribution < -0.4 is 5.32 Å². The quantitative estimate of drug-likeness (QED) is 0.797. The summed E-state index contributed by atoms with van der Waals surface area (Å²) in [5.41, 5.74) is 2.50. The van der Waals surface area contributed by atoms with Gasteiger partial charge in [0, 0.05) is 16.7 Å². The molecule has 0 fully saturated rings. The van der Waals surface area contributed by atoms with Crippen molar-refractivity contribution in [2.75, 3.05) is 11.9 Å². The van der Waals surface area contributed by atoms with Crippen LogP contribution in [0.2, 0.25) is 0 Å². The maximum Gasteiger partial charge on any atom is 0.0381 e. The first-order valence-electron chi connectivity index (χ1n) is 3.74. The Balaban J connectivity index is 2.93. The Hall–Kier alpha value is -0.500. The van der Waals surface area contributed by atoms with Gasteiger partial charge in [-0.25, -0.2) is 0 Å². The van der Waals surface area contributed by atoms with Crippen LogP contribution in [-0.2, 0) is 0 Å². The monoisotopic (exact) mass is 213 g/mol. The zero-order valence-electron chi connectivity index (χ0n) is 6.82. The molecule has 0 saturated carbocycles. The van der Waals surface area contributed by atoms with Gasteiger partial charge < -0.3 is 5.32 Å². The van der Waals surface area contributed by atoms with Gasteiger partial charge in [0.25, 0.3) is 0 Å². The van der Waals surface area contributed by atoms with Crippen LogP contribution in [0.3, 0.4) is 0 Å². The van der Waals surface area contributed by atoms with Gasteiger partial charge in [-0.2, -0.15) is 0 Å². The molecule has 1 nitrogen and oxygen atoms in total. The van der Waals surface area contributed by atoms with Crippen molar-refractivity contribution in [1.29, 1.82) is 0 Å². The van der Waals surface area contributed by atoms with Gasteiger partial charge in [0.15, 0.2) is 0 Å². The number of anilines is 1. The van der Waals surface area contributed by atoms with Gasteiger partial charge in [-0.05, 0) is 31.5 Å². The van der Waals surface area contributed by atoms with E-state index < -0.39 is 0 Å². The molecule has 0 radical (unpaired) electrons. The summed E-state index contributed by atoms with van der Waals surface area (Å²) < 4.78 is 1.12. The Labute approximate surface area is 75.9 Å². The highest BCUT2D eigenvalue weighted by Gasteiger charge is 1.95. The average Bonchev–Trinajstić information content (AvgIpc) is 1.98. The number of hydrogen-bond donors (Lipinski definition) is 1. The van der Waals surface area contributed by atoms with E-state index in [0.29, 0.717) is 0 Å². The SMILES string of the molecule is CCNc1cc(Br)ccc1C. The molecule has 0 atom stereocenters. The van der Waals surface area contributed by atoms with Crippen molar-refractivity contribution in [2.24, 2.45) is 0 Å². The van der Waals surface area contributed by atoms with Crippen LogP contribution in [0, 0.1) is 6.92 Å². The molecule has 0 heterocycles. The van der Waals surface area contributed by atoms with Gasteiger partial charge in [-0.1, -0.05) is 22.0 Å². The van der Waals surface area contributed by atoms with Crippen LogP contribution in [0.15, 0.2) is 22.7 Å². The van der Waals surface area contributed by atoms with Gasteiger partial charge in [0.2, 0.25) is 0 Å². The first kappa shape index (κ1) is 8.60. The van der Waals surface area contributed by atoms with Crippen molar-refractivity contribution < 1.29 is 0 Å². The molecule has 0 aliphatic carbocycles. The molecular weight excluding hydrogens is 202 g/mol. The van der Waals surface area contributed by atoms with Gasteiger partial charge in [0.1, 0.15) is 0 Å². The highest BCUT2D eigenvalue weighted by molar-refractivity contribution is 9.10. The molecule has 11 heavy (non-hydrogen) atoms. The number of hydrogen-bond acceptors (Lipinski definition) is 1. The third-order valence-corrected chi connectivity index (χ3v) is 2.06. The zero-order chi connectivity index (χ0) is 8.27. The van der Waals surface area contributed by atoms with Crippen LogP contribution in [0.1, 0.15) is 12.5 Å². The van der Waals surface area contributed by atoms with Crippen molar-refractivity contribution >= 4 is 21.6 Å². The van der Waals surface area contributed by atoms with E-state index in [0.717, 1.165) is 11.0 Å². The Bertz CT molecular complexity index is 245. The van der Waals surface area contributed by atoms with Gasteiger partial charge >= 0.3 is 0 Å². The summed E-state index contributed by atoms with van der Waals surface area (Å²) >= 11 is 3.43. The predicted molar refractivity (Wildman–Crippen MR) is 53.0 cm³/mol. The number of rotatable bonds is 2. The summed E-state index contributed by atoms with van der Waals surface area (Å²) in [6.45, 7) is 5.17. The second kappa shape index (κ2) is 3.77. The van der Waals surface area contributed by atoms with Crippen LogP contribution in [0.25, 0.3) is 0 Å². The highest BCUT2D eigenvalue weighted by Crippen LogP contribution is 2.19. The third-order valence-electron chi connectivity index (χ3n) is 1.57. The smallest absolute Gasteiger partial charge is 0.0381 e. The Morgan fingerprint density at radius 2 is 2.18 bits per heavy atom. The standard InChI is InChI=1S/C9H12BrN/c1-3-11-9-6-8(10)5-4-7(9)2/h4-6,11H,3H2,1-2H3. The molecule has 1 N–H and O–H groups in total. The van der Waals surface area contributed by atoms with E-state index in [-0.39, 0.29) is 0 Å². The van der Waals surface area contributed by atoms with E-state index in [1.165, 1.54) is 11.3 Å². The third kappa shape index (κ3) is 2.22. The van der Waals surface area contributed by atoms with Crippen molar-refractivity contribution in [3.63, 3.8) is 0 Å². The van der Waals surface area contributed by atoms with Gasteiger partial charge in [0.05, 0.1) is 0 Å². The summed E-state index contributed by atoms with van der Waals surface area (Å²) in [5, 5.41) is 3.29.